The summed E-state index contributed by atoms with van der Waals surface area (Å²) < 4.78 is 3.31. The fraction of sp³-hybridized carbons (Fsp3) is 0.800. The normalized spacial score (nSPS) is 13.2. The molecule has 0 saturated heterocycles. The lowest BCUT2D eigenvalue weighted by atomic mass is 10.0. The summed E-state index contributed by atoms with van der Waals surface area (Å²) in [5, 5.41) is 8.08. The van der Waals surface area contributed by atoms with E-state index in [0.29, 0.717) is 5.92 Å². The maximum absolute atomic E-state index is 4.55. The molecule has 1 unspecified atom stereocenters. The fourth-order valence-corrected chi connectivity index (χ4v) is 2.69. The van der Waals surface area contributed by atoms with Gasteiger partial charge >= 0.3 is 0 Å². The number of rotatable bonds is 8. The van der Waals surface area contributed by atoms with Gasteiger partial charge in [0.1, 0.15) is 0 Å². The predicted octanol–water partition coefficient (Wildman–Crippen LogP) is 3.79. The number of halogens is 1. The summed E-state index contributed by atoms with van der Waals surface area (Å²) in [7, 11) is 0. The molecule has 0 saturated carbocycles. The zero-order chi connectivity index (χ0) is 14.4. The van der Waals surface area contributed by atoms with Crippen LogP contribution in [0.1, 0.15) is 45.5 Å². The minimum Gasteiger partial charge on any atom is -0.316 e. The van der Waals surface area contributed by atoms with Crippen LogP contribution in [0.3, 0.4) is 0 Å². The van der Waals surface area contributed by atoms with E-state index >= 15 is 0 Å². The highest BCUT2D eigenvalue weighted by atomic mass is 79.9. The first-order valence-corrected chi connectivity index (χ1v) is 8.17. The molecule has 19 heavy (non-hydrogen) atoms. The maximum Gasteiger partial charge on any atom is 0.0738 e. The van der Waals surface area contributed by atoms with Gasteiger partial charge in [-0.1, -0.05) is 20.8 Å². The molecule has 1 atom stereocenters. The fourth-order valence-electron chi connectivity index (χ4n) is 2.21. The van der Waals surface area contributed by atoms with Crippen LogP contribution in [0.15, 0.2) is 4.47 Å². The second-order valence-electron chi connectivity index (χ2n) is 5.86. The second kappa shape index (κ2) is 8.05. The average Bonchev–Trinajstić information content (AvgIpc) is 2.62. The molecule has 0 fully saturated rings. The van der Waals surface area contributed by atoms with Crippen molar-refractivity contribution in [1.29, 1.82) is 0 Å². The third kappa shape index (κ3) is 5.27. The van der Waals surface area contributed by atoms with Crippen molar-refractivity contribution in [1.82, 2.24) is 15.1 Å². The first-order chi connectivity index (χ1) is 8.95. The van der Waals surface area contributed by atoms with Crippen LogP contribution < -0.4 is 5.32 Å². The number of aryl methyl sites for hydroxylation is 2. The van der Waals surface area contributed by atoms with Crippen molar-refractivity contribution in [2.75, 3.05) is 13.1 Å². The molecule has 1 N–H and O–H groups in total. The topological polar surface area (TPSA) is 29.9 Å². The molecule has 1 aromatic heterocycles. The Balaban J connectivity index is 2.43. The Hall–Kier alpha value is -0.350. The van der Waals surface area contributed by atoms with Crippen molar-refractivity contribution in [3.8, 4) is 0 Å². The summed E-state index contributed by atoms with van der Waals surface area (Å²) in [6.45, 7) is 14.2. The number of hydrogen-bond donors (Lipinski definition) is 1. The Morgan fingerprint density at radius 3 is 2.53 bits per heavy atom. The van der Waals surface area contributed by atoms with Gasteiger partial charge in [-0.25, -0.2) is 0 Å². The molecule has 4 heteroatoms. The highest BCUT2D eigenvalue weighted by Crippen LogP contribution is 2.23. The molecule has 0 aromatic carbocycles. The standard InChI is InChI=1S/C15H28BrN3/c1-6-19-14(15(16)13(5)18-19)8-7-12(4)10-17-9-11(2)3/h11-12,17H,6-10H2,1-5H3. The smallest absolute Gasteiger partial charge is 0.0738 e. The molecule has 1 heterocycles. The van der Waals surface area contributed by atoms with Crippen LogP contribution in [0.2, 0.25) is 0 Å². The SMILES string of the molecule is CCn1nc(C)c(Br)c1CCC(C)CNCC(C)C. The molecule has 1 rings (SSSR count). The molecular formula is C15H28BrN3. The summed E-state index contributed by atoms with van der Waals surface area (Å²) in [5.41, 5.74) is 2.44. The van der Waals surface area contributed by atoms with Gasteiger partial charge in [0.05, 0.1) is 15.9 Å². The van der Waals surface area contributed by atoms with E-state index in [4.69, 9.17) is 0 Å². The zero-order valence-corrected chi connectivity index (χ0v) is 14.5. The van der Waals surface area contributed by atoms with E-state index in [1.807, 2.05) is 0 Å². The highest BCUT2D eigenvalue weighted by Gasteiger charge is 2.13. The predicted molar refractivity (Wildman–Crippen MR) is 85.5 cm³/mol. The van der Waals surface area contributed by atoms with Crippen LogP contribution in [0.5, 0.6) is 0 Å². The lowest BCUT2D eigenvalue weighted by Gasteiger charge is -2.14. The van der Waals surface area contributed by atoms with Crippen LogP contribution in [-0.2, 0) is 13.0 Å². The summed E-state index contributed by atoms with van der Waals surface area (Å²) in [4.78, 5) is 0. The monoisotopic (exact) mass is 329 g/mol. The minimum absolute atomic E-state index is 0.700. The molecule has 0 spiro atoms. The van der Waals surface area contributed by atoms with Gasteiger partial charge in [0, 0.05) is 6.54 Å². The minimum atomic E-state index is 0.700. The number of nitrogens with zero attached hydrogens (tertiary/aromatic N) is 2. The Morgan fingerprint density at radius 2 is 1.95 bits per heavy atom. The Morgan fingerprint density at radius 1 is 1.26 bits per heavy atom. The molecular weight excluding hydrogens is 302 g/mol. The molecule has 0 aliphatic heterocycles. The molecule has 1 aromatic rings. The lowest BCUT2D eigenvalue weighted by Crippen LogP contribution is -2.25. The van der Waals surface area contributed by atoms with Crippen LogP contribution in [0.25, 0.3) is 0 Å². The first-order valence-electron chi connectivity index (χ1n) is 7.38. The average molecular weight is 330 g/mol. The molecule has 0 aliphatic rings. The molecule has 3 nitrogen and oxygen atoms in total. The van der Waals surface area contributed by atoms with E-state index in [9.17, 15) is 0 Å². The first kappa shape index (κ1) is 16.7. The van der Waals surface area contributed by atoms with Crippen LogP contribution >= 0.6 is 15.9 Å². The second-order valence-corrected chi connectivity index (χ2v) is 6.65. The third-order valence-electron chi connectivity index (χ3n) is 3.37. The number of aromatic nitrogens is 2. The Bertz CT molecular complexity index is 385. The van der Waals surface area contributed by atoms with E-state index in [1.165, 1.54) is 16.6 Å². The molecule has 0 amide bonds. The van der Waals surface area contributed by atoms with Crippen molar-refractivity contribution < 1.29 is 0 Å². The summed E-state index contributed by atoms with van der Waals surface area (Å²) in [6.07, 6.45) is 2.30. The third-order valence-corrected chi connectivity index (χ3v) is 4.40. The van der Waals surface area contributed by atoms with E-state index in [0.717, 1.165) is 37.7 Å². The molecule has 110 valence electrons. The lowest BCUT2D eigenvalue weighted by molar-refractivity contribution is 0.447. The van der Waals surface area contributed by atoms with Gasteiger partial charge in [-0.2, -0.15) is 5.10 Å². The van der Waals surface area contributed by atoms with Gasteiger partial charge in [0.15, 0.2) is 0 Å². The van der Waals surface area contributed by atoms with Crippen LogP contribution in [0.4, 0.5) is 0 Å². The summed E-state index contributed by atoms with van der Waals surface area (Å²) in [5.74, 6) is 1.43. The van der Waals surface area contributed by atoms with Gasteiger partial charge < -0.3 is 5.32 Å². The van der Waals surface area contributed by atoms with Crippen molar-refractivity contribution in [2.24, 2.45) is 11.8 Å². The van der Waals surface area contributed by atoms with E-state index in [1.54, 1.807) is 0 Å². The van der Waals surface area contributed by atoms with Crippen molar-refractivity contribution in [3.05, 3.63) is 15.9 Å². The van der Waals surface area contributed by atoms with Crippen molar-refractivity contribution in [2.45, 2.75) is 54.0 Å². The Labute approximate surface area is 126 Å². The maximum atomic E-state index is 4.55. The van der Waals surface area contributed by atoms with Gasteiger partial charge in [0.2, 0.25) is 0 Å². The van der Waals surface area contributed by atoms with E-state index < -0.39 is 0 Å². The largest absolute Gasteiger partial charge is 0.316 e. The molecule has 0 radical (unpaired) electrons. The van der Waals surface area contributed by atoms with Crippen molar-refractivity contribution in [3.63, 3.8) is 0 Å². The quantitative estimate of drug-likeness (QED) is 0.786. The molecule has 0 aliphatic carbocycles. The zero-order valence-electron chi connectivity index (χ0n) is 13.0. The van der Waals surface area contributed by atoms with Gasteiger partial charge in [-0.05, 0) is 67.5 Å². The van der Waals surface area contributed by atoms with Gasteiger partial charge in [-0.15, -0.1) is 0 Å². The Kier molecular flexibility index (Phi) is 7.08. The number of hydrogen-bond acceptors (Lipinski definition) is 2. The summed E-state index contributed by atoms with van der Waals surface area (Å²) in [6, 6.07) is 0. The van der Waals surface area contributed by atoms with Crippen LogP contribution in [0, 0.1) is 18.8 Å². The highest BCUT2D eigenvalue weighted by molar-refractivity contribution is 9.10. The molecule has 0 bridgehead atoms. The van der Waals surface area contributed by atoms with Crippen LogP contribution in [-0.4, -0.2) is 22.9 Å². The van der Waals surface area contributed by atoms with E-state index in [-0.39, 0.29) is 0 Å². The van der Waals surface area contributed by atoms with E-state index in [2.05, 4.69) is 65.6 Å². The van der Waals surface area contributed by atoms with Gasteiger partial charge in [0.25, 0.3) is 0 Å². The summed E-state index contributed by atoms with van der Waals surface area (Å²) >= 11 is 3.66. The number of nitrogens with one attached hydrogen (secondary N) is 1. The van der Waals surface area contributed by atoms with Gasteiger partial charge in [-0.3, -0.25) is 4.68 Å². The van der Waals surface area contributed by atoms with Crippen molar-refractivity contribution >= 4 is 15.9 Å².